The van der Waals surface area contributed by atoms with Crippen molar-refractivity contribution < 1.29 is 31.1 Å². The van der Waals surface area contributed by atoms with Gasteiger partial charge in [-0.05, 0) is 66.9 Å². The van der Waals surface area contributed by atoms with Crippen LogP contribution in [0.4, 0.5) is 26.3 Å². The van der Waals surface area contributed by atoms with E-state index in [1.165, 1.54) is 10.9 Å². The van der Waals surface area contributed by atoms with Crippen molar-refractivity contribution in [2.75, 3.05) is 19.6 Å². The maximum atomic E-state index is 13.3. The quantitative estimate of drug-likeness (QED) is 0.202. The number of hydrogen-bond donors (Lipinski definition) is 2. The molecule has 0 saturated carbocycles. The Hall–Kier alpha value is -3.21. The number of carbonyl (C=O) groups excluding carboxylic acids is 1. The fourth-order valence-electron chi connectivity index (χ4n) is 5.34. The normalized spacial score (nSPS) is 15.0. The van der Waals surface area contributed by atoms with Crippen LogP contribution in [0, 0.1) is 0 Å². The molecule has 0 saturated heterocycles. The predicted molar refractivity (Wildman–Crippen MR) is 150 cm³/mol. The number of carbonyl (C=O) groups is 1. The first kappa shape index (κ1) is 30.3. The number of halogens is 8. The maximum absolute atomic E-state index is 13.3. The number of nitrogens with zero attached hydrogens (tertiary/aromatic N) is 1. The molecular weight excluding hydrogens is 603 g/mol. The van der Waals surface area contributed by atoms with Crippen molar-refractivity contribution in [2.24, 2.45) is 0 Å². The monoisotopic (exact) mass is 627 g/mol. The molecule has 0 spiro atoms. The van der Waals surface area contributed by atoms with Crippen LogP contribution >= 0.6 is 23.2 Å². The van der Waals surface area contributed by atoms with E-state index >= 15 is 0 Å². The number of para-hydroxylation sites is 1. The molecule has 1 amide bonds. The lowest BCUT2D eigenvalue weighted by atomic mass is 9.94. The van der Waals surface area contributed by atoms with Gasteiger partial charge in [0, 0.05) is 47.7 Å². The SMILES string of the molecule is O=C(NCC(CCN1CCc2c([nH]c3ccccc23)C1)c1ccc(Cl)c(Cl)c1)c1cc(C(F)(F)F)cc(C(F)(F)F)c1. The predicted octanol–water partition coefficient (Wildman–Crippen LogP) is 8.47. The van der Waals surface area contributed by atoms with E-state index < -0.39 is 35.0 Å². The summed E-state index contributed by atoms with van der Waals surface area (Å²) in [6.45, 7) is 2.08. The summed E-state index contributed by atoms with van der Waals surface area (Å²) >= 11 is 12.3. The Balaban J connectivity index is 1.33. The second-order valence-electron chi connectivity index (χ2n) is 10.3. The summed E-state index contributed by atoms with van der Waals surface area (Å²) in [4.78, 5) is 18.6. The highest BCUT2D eigenvalue weighted by atomic mass is 35.5. The lowest BCUT2D eigenvalue weighted by Gasteiger charge is -2.29. The van der Waals surface area contributed by atoms with Crippen LogP contribution in [-0.4, -0.2) is 35.4 Å². The van der Waals surface area contributed by atoms with E-state index in [1.54, 1.807) is 18.2 Å². The summed E-state index contributed by atoms with van der Waals surface area (Å²) in [7, 11) is 0. The fraction of sp³-hybridized carbons (Fsp3) is 0.300. The molecule has 1 unspecified atom stereocenters. The van der Waals surface area contributed by atoms with Crippen LogP contribution in [0.1, 0.15) is 50.6 Å². The molecule has 4 nitrogen and oxygen atoms in total. The Morgan fingerprint density at radius 3 is 2.29 bits per heavy atom. The van der Waals surface area contributed by atoms with E-state index in [-0.39, 0.29) is 18.5 Å². The lowest BCUT2D eigenvalue weighted by molar-refractivity contribution is -0.143. The number of nitrogens with one attached hydrogen (secondary N) is 2. The third-order valence-corrected chi connectivity index (χ3v) is 8.27. The van der Waals surface area contributed by atoms with Crippen molar-refractivity contribution in [2.45, 2.75) is 37.7 Å². The van der Waals surface area contributed by atoms with E-state index in [9.17, 15) is 31.1 Å². The molecule has 0 bridgehead atoms. The highest BCUT2D eigenvalue weighted by Crippen LogP contribution is 2.37. The number of aromatic amines is 1. The smallest absolute Gasteiger partial charge is 0.357 e. The molecule has 12 heteroatoms. The highest BCUT2D eigenvalue weighted by molar-refractivity contribution is 6.42. The number of alkyl halides is 6. The lowest BCUT2D eigenvalue weighted by Crippen LogP contribution is -2.34. The van der Waals surface area contributed by atoms with Gasteiger partial charge in [0.05, 0.1) is 21.2 Å². The topological polar surface area (TPSA) is 48.1 Å². The first-order valence-electron chi connectivity index (χ1n) is 13.1. The Labute approximate surface area is 247 Å². The standard InChI is InChI=1S/C30H25Cl2F6N3O/c31-24-6-5-17(13-25(24)32)18(7-9-41-10-8-23-22-3-1-2-4-26(22)40-27(23)16-41)15-39-28(42)19-11-20(29(33,34)35)14-21(12-19)30(36,37)38/h1-6,11-14,18,40H,7-10,15-16H2,(H,39,42). The molecule has 42 heavy (non-hydrogen) atoms. The van der Waals surface area contributed by atoms with Crippen LogP contribution in [0.2, 0.25) is 10.0 Å². The fourth-order valence-corrected chi connectivity index (χ4v) is 5.64. The third-order valence-electron chi connectivity index (χ3n) is 7.53. The molecule has 1 aliphatic heterocycles. The summed E-state index contributed by atoms with van der Waals surface area (Å²) in [6, 6.07) is 13.9. The van der Waals surface area contributed by atoms with Gasteiger partial charge in [0.25, 0.3) is 5.91 Å². The van der Waals surface area contributed by atoms with Crippen molar-refractivity contribution in [1.82, 2.24) is 15.2 Å². The van der Waals surface area contributed by atoms with E-state index in [0.717, 1.165) is 29.7 Å². The van der Waals surface area contributed by atoms with Gasteiger partial charge in [0.2, 0.25) is 0 Å². The van der Waals surface area contributed by atoms with Gasteiger partial charge in [0.15, 0.2) is 0 Å². The number of amides is 1. The minimum atomic E-state index is -5.06. The number of benzene rings is 3. The van der Waals surface area contributed by atoms with Gasteiger partial charge in [-0.2, -0.15) is 26.3 Å². The largest absolute Gasteiger partial charge is 0.416 e. The Morgan fingerprint density at radius 2 is 1.62 bits per heavy atom. The summed E-state index contributed by atoms with van der Waals surface area (Å²) < 4.78 is 79.8. The molecule has 0 radical (unpaired) electrons. The average Bonchev–Trinajstić information content (AvgIpc) is 3.31. The van der Waals surface area contributed by atoms with E-state index in [4.69, 9.17) is 23.2 Å². The van der Waals surface area contributed by atoms with Gasteiger partial charge in [-0.15, -0.1) is 0 Å². The molecule has 3 aromatic carbocycles. The Bertz CT molecular complexity index is 1580. The van der Waals surface area contributed by atoms with Crippen molar-refractivity contribution in [3.05, 3.63) is 104 Å². The molecule has 1 aromatic heterocycles. The zero-order valence-corrected chi connectivity index (χ0v) is 23.5. The van der Waals surface area contributed by atoms with Crippen LogP contribution in [-0.2, 0) is 25.3 Å². The molecule has 5 rings (SSSR count). The maximum Gasteiger partial charge on any atom is 0.416 e. The molecule has 222 valence electrons. The molecule has 2 N–H and O–H groups in total. The van der Waals surface area contributed by atoms with E-state index in [2.05, 4.69) is 21.3 Å². The molecule has 2 heterocycles. The zero-order valence-electron chi connectivity index (χ0n) is 22.0. The van der Waals surface area contributed by atoms with Gasteiger partial charge in [-0.25, -0.2) is 0 Å². The highest BCUT2D eigenvalue weighted by Gasteiger charge is 2.37. The third kappa shape index (κ3) is 6.71. The van der Waals surface area contributed by atoms with Crippen molar-refractivity contribution in [3.63, 3.8) is 0 Å². The Morgan fingerprint density at radius 1 is 0.929 bits per heavy atom. The van der Waals surface area contributed by atoms with Gasteiger partial charge in [0.1, 0.15) is 0 Å². The second kappa shape index (κ2) is 11.8. The number of hydrogen-bond acceptors (Lipinski definition) is 2. The molecule has 1 atom stereocenters. The number of aromatic nitrogens is 1. The molecule has 4 aromatic rings. The Kier molecular flexibility index (Phi) is 8.51. The minimum absolute atomic E-state index is 0.00746. The van der Waals surface area contributed by atoms with Gasteiger partial charge < -0.3 is 10.3 Å². The molecule has 0 fully saturated rings. The summed E-state index contributed by atoms with van der Waals surface area (Å²) in [6.07, 6.45) is -8.73. The summed E-state index contributed by atoms with van der Waals surface area (Å²) in [5.74, 6) is -1.39. The molecule has 0 aliphatic carbocycles. The van der Waals surface area contributed by atoms with Crippen LogP contribution in [0.5, 0.6) is 0 Å². The van der Waals surface area contributed by atoms with Crippen LogP contribution in [0.15, 0.2) is 60.7 Å². The number of rotatable bonds is 7. The van der Waals surface area contributed by atoms with Gasteiger partial charge >= 0.3 is 12.4 Å². The van der Waals surface area contributed by atoms with Crippen LogP contribution in [0.3, 0.4) is 0 Å². The van der Waals surface area contributed by atoms with Gasteiger partial charge in [-0.3, -0.25) is 9.69 Å². The summed E-state index contributed by atoms with van der Waals surface area (Å²) in [5, 5.41) is 4.36. The van der Waals surface area contributed by atoms with Crippen molar-refractivity contribution in [1.29, 1.82) is 0 Å². The summed E-state index contributed by atoms with van der Waals surface area (Å²) in [5.41, 5.74) is 0.390. The van der Waals surface area contributed by atoms with Crippen LogP contribution in [0.25, 0.3) is 10.9 Å². The minimum Gasteiger partial charge on any atom is -0.357 e. The van der Waals surface area contributed by atoms with E-state index in [0.29, 0.717) is 41.7 Å². The first-order valence-corrected chi connectivity index (χ1v) is 13.9. The van der Waals surface area contributed by atoms with Crippen molar-refractivity contribution >= 4 is 40.0 Å². The van der Waals surface area contributed by atoms with Gasteiger partial charge in [-0.1, -0.05) is 47.5 Å². The average molecular weight is 628 g/mol. The van der Waals surface area contributed by atoms with Crippen LogP contribution < -0.4 is 5.32 Å². The van der Waals surface area contributed by atoms with E-state index in [1.807, 2.05) is 18.2 Å². The molecule has 1 aliphatic rings. The molecular formula is C30H25Cl2F6N3O. The number of fused-ring (bicyclic) bond motifs is 3. The van der Waals surface area contributed by atoms with Crippen molar-refractivity contribution in [3.8, 4) is 0 Å². The second-order valence-corrected chi connectivity index (χ2v) is 11.1. The zero-order chi connectivity index (χ0) is 30.2. The number of H-pyrrole nitrogens is 1. The first-order chi connectivity index (χ1) is 19.8.